The van der Waals surface area contributed by atoms with Gasteiger partial charge in [-0.1, -0.05) is 52.1 Å². The molecule has 0 saturated heterocycles. The minimum atomic E-state index is -0.659. The smallest absolute Gasteiger partial charge is 0.261 e. The number of ether oxygens (including phenoxy) is 1. The quantitative estimate of drug-likeness (QED) is 0.416. The van der Waals surface area contributed by atoms with Crippen molar-refractivity contribution in [1.82, 2.24) is 10.2 Å². The Morgan fingerprint density at radius 3 is 2.28 bits per heavy atom. The molecule has 0 aliphatic carbocycles. The van der Waals surface area contributed by atoms with E-state index in [0.717, 1.165) is 15.6 Å². The van der Waals surface area contributed by atoms with Gasteiger partial charge in [0.05, 0.1) is 0 Å². The molecule has 0 aliphatic heterocycles. The molecular weight excluding hydrogens is 515 g/mol. The molecule has 0 radical (unpaired) electrons. The molecule has 174 valence electrons. The number of nitrogens with zero attached hydrogens (tertiary/aromatic N) is 1. The second-order valence-corrected chi connectivity index (χ2v) is 9.64. The Hall–Kier alpha value is -1.76. The van der Waals surface area contributed by atoms with Gasteiger partial charge >= 0.3 is 0 Å². The van der Waals surface area contributed by atoms with E-state index >= 15 is 0 Å². The minimum Gasteiger partial charge on any atom is -0.484 e. The largest absolute Gasteiger partial charge is 0.484 e. The molecule has 0 unspecified atom stereocenters. The summed E-state index contributed by atoms with van der Waals surface area (Å²) in [6.45, 7) is 9.53. The number of nitrogens with one attached hydrogen (secondary N) is 1. The maximum Gasteiger partial charge on any atom is 0.261 e. The highest BCUT2D eigenvalue weighted by Gasteiger charge is 2.29. The Labute approximate surface area is 208 Å². The van der Waals surface area contributed by atoms with Crippen molar-refractivity contribution >= 4 is 50.9 Å². The Morgan fingerprint density at radius 1 is 1.12 bits per heavy atom. The van der Waals surface area contributed by atoms with Crippen molar-refractivity contribution in [2.24, 2.45) is 0 Å². The number of hydrogen-bond acceptors (Lipinski definition) is 3. The van der Waals surface area contributed by atoms with Crippen molar-refractivity contribution in [3.8, 4) is 5.75 Å². The molecule has 0 aromatic heterocycles. The van der Waals surface area contributed by atoms with Crippen LogP contribution in [0.4, 0.5) is 0 Å². The molecule has 5 nitrogen and oxygen atoms in total. The van der Waals surface area contributed by atoms with Gasteiger partial charge in [0.2, 0.25) is 5.91 Å². The highest BCUT2D eigenvalue weighted by atomic mass is 79.9. The molecule has 8 heteroatoms. The van der Waals surface area contributed by atoms with Crippen molar-refractivity contribution in [3.63, 3.8) is 0 Å². The number of amides is 2. The van der Waals surface area contributed by atoms with E-state index in [4.69, 9.17) is 27.9 Å². The Kier molecular flexibility index (Phi) is 9.86. The summed E-state index contributed by atoms with van der Waals surface area (Å²) in [6.07, 6.45) is 0.450. The van der Waals surface area contributed by atoms with Gasteiger partial charge in [-0.3, -0.25) is 9.59 Å². The van der Waals surface area contributed by atoms with Gasteiger partial charge in [0.15, 0.2) is 6.61 Å². The van der Waals surface area contributed by atoms with Gasteiger partial charge in [0, 0.05) is 27.1 Å². The average Bonchev–Trinajstić information content (AvgIpc) is 2.71. The summed E-state index contributed by atoms with van der Waals surface area (Å²) in [5.74, 6) is 0.0805. The monoisotopic (exact) mass is 542 g/mol. The van der Waals surface area contributed by atoms with Crippen LogP contribution in [0, 0.1) is 13.8 Å². The third-order valence-corrected chi connectivity index (χ3v) is 6.78. The van der Waals surface area contributed by atoms with E-state index in [9.17, 15) is 9.59 Å². The molecule has 1 atom stereocenters. The highest BCUT2D eigenvalue weighted by molar-refractivity contribution is 9.10. The molecule has 0 aliphatic rings. The summed E-state index contributed by atoms with van der Waals surface area (Å²) in [7, 11) is 0. The second-order valence-electron chi connectivity index (χ2n) is 8.00. The zero-order valence-corrected chi connectivity index (χ0v) is 22.1. The molecule has 32 heavy (non-hydrogen) atoms. The van der Waals surface area contributed by atoms with Gasteiger partial charge in [-0.15, -0.1) is 0 Å². The summed E-state index contributed by atoms with van der Waals surface area (Å²) in [4.78, 5) is 27.6. The van der Waals surface area contributed by atoms with Crippen molar-refractivity contribution in [3.05, 3.63) is 61.5 Å². The van der Waals surface area contributed by atoms with Crippen molar-refractivity contribution in [1.29, 1.82) is 0 Å². The molecule has 0 fully saturated rings. The molecular formula is C24H29BrCl2N2O3. The number of hydrogen-bond donors (Lipinski definition) is 1. The standard InChI is InChI=1S/C24H29BrCl2N2O3/c1-6-21(24(31)28-14(2)3)29(12-17-7-8-18(26)11-20(17)27)22(30)13-32-19-9-15(4)23(25)16(5)10-19/h7-11,14,21H,6,12-13H2,1-5H3,(H,28,31)/t21-/m0/s1. The molecule has 2 amide bonds. The zero-order chi connectivity index (χ0) is 24.0. The average molecular weight is 544 g/mol. The minimum absolute atomic E-state index is 0.0439. The molecule has 0 heterocycles. The third-order valence-electron chi connectivity index (χ3n) is 4.94. The SMILES string of the molecule is CC[C@@H](C(=O)NC(C)C)N(Cc1ccc(Cl)cc1Cl)C(=O)COc1cc(C)c(Br)c(C)c1. The van der Waals surface area contributed by atoms with E-state index in [0.29, 0.717) is 27.8 Å². The number of carbonyl (C=O) groups is 2. The van der Waals surface area contributed by atoms with Crippen LogP contribution in [0.3, 0.4) is 0 Å². The molecule has 0 saturated carbocycles. The van der Waals surface area contributed by atoms with E-state index < -0.39 is 6.04 Å². The van der Waals surface area contributed by atoms with E-state index in [2.05, 4.69) is 21.2 Å². The van der Waals surface area contributed by atoms with Crippen LogP contribution in [-0.4, -0.2) is 35.4 Å². The van der Waals surface area contributed by atoms with E-state index in [1.165, 1.54) is 4.90 Å². The third kappa shape index (κ3) is 7.12. The molecule has 2 rings (SSSR count). The Morgan fingerprint density at radius 2 is 1.75 bits per heavy atom. The first kappa shape index (κ1) is 26.5. The first-order chi connectivity index (χ1) is 15.0. The lowest BCUT2D eigenvalue weighted by atomic mass is 10.1. The Balaban J connectivity index is 2.29. The number of rotatable bonds is 9. The molecule has 0 bridgehead atoms. The van der Waals surface area contributed by atoms with Gasteiger partial charge in [0.25, 0.3) is 5.91 Å². The van der Waals surface area contributed by atoms with Crippen LogP contribution in [0.15, 0.2) is 34.8 Å². The lowest BCUT2D eigenvalue weighted by Crippen LogP contribution is -2.51. The number of benzene rings is 2. The lowest BCUT2D eigenvalue weighted by Gasteiger charge is -2.31. The molecule has 0 spiro atoms. The van der Waals surface area contributed by atoms with E-state index in [-0.39, 0.29) is 31.0 Å². The molecule has 1 N–H and O–H groups in total. The van der Waals surface area contributed by atoms with Crippen LogP contribution in [0.1, 0.15) is 43.9 Å². The van der Waals surface area contributed by atoms with E-state index in [1.807, 2.05) is 46.8 Å². The number of aryl methyl sites for hydroxylation is 2. The molecule has 2 aromatic rings. The predicted octanol–water partition coefficient (Wildman–Crippen LogP) is 6.08. The zero-order valence-electron chi connectivity index (χ0n) is 19.0. The number of halogens is 3. The summed E-state index contributed by atoms with van der Waals surface area (Å²) in [5.41, 5.74) is 2.73. The maximum atomic E-state index is 13.3. The highest BCUT2D eigenvalue weighted by Crippen LogP contribution is 2.27. The maximum absolute atomic E-state index is 13.3. The first-order valence-corrected chi connectivity index (χ1v) is 12.0. The van der Waals surface area contributed by atoms with Gasteiger partial charge < -0.3 is 15.0 Å². The van der Waals surface area contributed by atoms with Gasteiger partial charge in [0.1, 0.15) is 11.8 Å². The van der Waals surface area contributed by atoms with Crippen LogP contribution in [-0.2, 0) is 16.1 Å². The van der Waals surface area contributed by atoms with Crippen LogP contribution in [0.5, 0.6) is 5.75 Å². The van der Waals surface area contributed by atoms with Crippen LogP contribution >= 0.6 is 39.1 Å². The molecule has 2 aromatic carbocycles. The summed E-state index contributed by atoms with van der Waals surface area (Å²) in [6, 6.07) is 8.14. The van der Waals surface area contributed by atoms with Crippen molar-refractivity contribution in [2.75, 3.05) is 6.61 Å². The summed E-state index contributed by atoms with van der Waals surface area (Å²) in [5, 5.41) is 3.85. The van der Waals surface area contributed by atoms with Crippen LogP contribution < -0.4 is 10.1 Å². The predicted molar refractivity (Wildman–Crippen MR) is 133 cm³/mol. The van der Waals surface area contributed by atoms with Crippen molar-refractivity contribution < 1.29 is 14.3 Å². The second kappa shape index (κ2) is 11.9. The topological polar surface area (TPSA) is 58.6 Å². The summed E-state index contributed by atoms with van der Waals surface area (Å²) < 4.78 is 6.82. The van der Waals surface area contributed by atoms with Crippen LogP contribution in [0.2, 0.25) is 10.0 Å². The van der Waals surface area contributed by atoms with Crippen LogP contribution in [0.25, 0.3) is 0 Å². The van der Waals surface area contributed by atoms with Gasteiger partial charge in [-0.2, -0.15) is 0 Å². The van der Waals surface area contributed by atoms with Gasteiger partial charge in [-0.05, 0) is 75.1 Å². The fourth-order valence-corrected chi connectivity index (χ4v) is 4.05. The van der Waals surface area contributed by atoms with E-state index in [1.54, 1.807) is 18.2 Å². The fraction of sp³-hybridized carbons (Fsp3) is 0.417. The number of carbonyl (C=O) groups excluding carboxylic acids is 2. The normalized spacial score (nSPS) is 11.9. The lowest BCUT2D eigenvalue weighted by molar-refractivity contribution is -0.143. The first-order valence-electron chi connectivity index (χ1n) is 10.5. The van der Waals surface area contributed by atoms with Crippen molar-refractivity contribution in [2.45, 2.75) is 59.7 Å². The Bertz CT molecular complexity index is 959. The van der Waals surface area contributed by atoms with Gasteiger partial charge in [-0.25, -0.2) is 0 Å². The fourth-order valence-electron chi connectivity index (χ4n) is 3.35. The summed E-state index contributed by atoms with van der Waals surface area (Å²) >= 11 is 15.9.